The number of rotatable bonds is 6. The summed E-state index contributed by atoms with van der Waals surface area (Å²) in [6, 6.07) is 3.47. The zero-order chi connectivity index (χ0) is 18.7. The lowest BCUT2D eigenvalue weighted by Gasteiger charge is -2.13. The molecule has 136 valence electrons. The van der Waals surface area contributed by atoms with Crippen LogP contribution in [0.25, 0.3) is 0 Å². The maximum atomic E-state index is 12.4. The molecule has 0 spiro atoms. The van der Waals surface area contributed by atoms with Crippen molar-refractivity contribution in [1.29, 1.82) is 0 Å². The minimum atomic E-state index is -0.319. The summed E-state index contributed by atoms with van der Waals surface area (Å²) in [5.41, 5.74) is 4.25. The summed E-state index contributed by atoms with van der Waals surface area (Å²) in [6.07, 6.45) is 0.761. The lowest BCUT2D eigenvalue weighted by Crippen LogP contribution is -2.34. The van der Waals surface area contributed by atoms with Crippen LogP contribution in [0, 0.1) is 20.8 Å². The van der Waals surface area contributed by atoms with Crippen LogP contribution in [-0.4, -0.2) is 26.8 Å². The normalized spacial score (nSPS) is 11.2. The van der Waals surface area contributed by atoms with Crippen molar-refractivity contribution in [1.82, 2.24) is 19.7 Å². The first kappa shape index (κ1) is 19.0. The van der Waals surface area contributed by atoms with Crippen molar-refractivity contribution in [2.75, 3.05) is 6.54 Å². The second-order valence-electron chi connectivity index (χ2n) is 6.82. The van der Waals surface area contributed by atoms with Crippen LogP contribution in [0.15, 0.2) is 16.9 Å². The molecular weight excluding hydrogens is 316 g/mol. The van der Waals surface area contributed by atoms with Gasteiger partial charge in [-0.25, -0.2) is 0 Å². The van der Waals surface area contributed by atoms with Crippen molar-refractivity contribution in [2.45, 2.75) is 53.5 Å². The predicted octanol–water partition coefficient (Wildman–Crippen LogP) is 2.45. The van der Waals surface area contributed by atoms with E-state index in [1.807, 2.05) is 38.4 Å². The number of nitrogens with zero attached hydrogens (tertiary/aromatic N) is 3. The molecule has 6 nitrogen and oxygen atoms in total. The van der Waals surface area contributed by atoms with Crippen molar-refractivity contribution in [3.8, 4) is 0 Å². The Hall–Kier alpha value is -2.37. The number of carbonyl (C=O) groups is 1. The smallest absolute Gasteiger partial charge is 0.263 e. The van der Waals surface area contributed by atoms with E-state index in [2.05, 4.69) is 17.3 Å². The Morgan fingerprint density at radius 1 is 1.24 bits per heavy atom. The van der Waals surface area contributed by atoms with E-state index < -0.39 is 0 Å². The van der Waals surface area contributed by atoms with Crippen molar-refractivity contribution < 1.29 is 4.79 Å². The summed E-state index contributed by atoms with van der Waals surface area (Å²) in [4.78, 5) is 24.7. The third-order valence-electron chi connectivity index (χ3n) is 4.75. The van der Waals surface area contributed by atoms with Crippen molar-refractivity contribution in [3.05, 3.63) is 50.7 Å². The van der Waals surface area contributed by atoms with E-state index in [1.54, 1.807) is 17.7 Å². The Kier molecular flexibility index (Phi) is 5.82. The molecule has 2 heterocycles. The van der Waals surface area contributed by atoms with Gasteiger partial charge in [-0.05, 0) is 50.8 Å². The Balaban J connectivity index is 1.96. The fraction of sp³-hybridized carbons (Fsp3) is 0.526. The molecule has 0 aliphatic rings. The minimum absolute atomic E-state index is 0.189. The zero-order valence-corrected chi connectivity index (χ0v) is 16.0. The Labute approximate surface area is 148 Å². The number of hydrogen-bond acceptors (Lipinski definition) is 3. The standard InChI is InChI=1S/C19H28N4O2/c1-12(2)17-9-8-16(19(25)22(17)6)18(24)20-10-7-11-23-15(5)13(3)14(4)21-23/h8-9,12H,7,10-11H2,1-6H3,(H,20,24). The first-order valence-corrected chi connectivity index (χ1v) is 8.72. The molecule has 0 fully saturated rings. The molecule has 0 saturated carbocycles. The van der Waals surface area contributed by atoms with Gasteiger partial charge in [0, 0.05) is 31.5 Å². The van der Waals surface area contributed by atoms with Crippen LogP contribution in [0.3, 0.4) is 0 Å². The number of hydrogen-bond donors (Lipinski definition) is 1. The fourth-order valence-electron chi connectivity index (χ4n) is 2.93. The number of aryl methyl sites for hydroxylation is 2. The van der Waals surface area contributed by atoms with Gasteiger partial charge >= 0.3 is 0 Å². The molecule has 0 aliphatic carbocycles. The highest BCUT2D eigenvalue weighted by Gasteiger charge is 2.14. The van der Waals surface area contributed by atoms with E-state index >= 15 is 0 Å². The van der Waals surface area contributed by atoms with E-state index in [0.29, 0.717) is 6.54 Å². The van der Waals surface area contributed by atoms with Crippen LogP contribution in [0.5, 0.6) is 0 Å². The van der Waals surface area contributed by atoms with E-state index in [9.17, 15) is 9.59 Å². The second-order valence-corrected chi connectivity index (χ2v) is 6.82. The van der Waals surface area contributed by atoms with Crippen LogP contribution in [0.1, 0.15) is 59.2 Å². The van der Waals surface area contributed by atoms with E-state index in [-0.39, 0.29) is 22.9 Å². The average Bonchev–Trinajstić information content (AvgIpc) is 2.80. The topological polar surface area (TPSA) is 68.9 Å². The van der Waals surface area contributed by atoms with E-state index in [0.717, 1.165) is 30.0 Å². The first-order valence-electron chi connectivity index (χ1n) is 8.72. The molecule has 2 aromatic rings. The van der Waals surface area contributed by atoms with Crippen LogP contribution >= 0.6 is 0 Å². The maximum absolute atomic E-state index is 12.4. The van der Waals surface area contributed by atoms with Crippen molar-refractivity contribution in [3.63, 3.8) is 0 Å². The predicted molar refractivity (Wildman–Crippen MR) is 99.2 cm³/mol. The molecule has 0 aliphatic heterocycles. The van der Waals surface area contributed by atoms with Gasteiger partial charge in [0.15, 0.2) is 0 Å². The molecule has 0 aromatic carbocycles. The average molecular weight is 344 g/mol. The number of pyridine rings is 1. The van der Waals surface area contributed by atoms with Crippen molar-refractivity contribution >= 4 is 5.91 Å². The summed E-state index contributed by atoms with van der Waals surface area (Å²) in [5.74, 6) is -0.0838. The van der Waals surface area contributed by atoms with Gasteiger partial charge in [-0.3, -0.25) is 14.3 Å². The summed E-state index contributed by atoms with van der Waals surface area (Å²) in [7, 11) is 1.71. The van der Waals surface area contributed by atoms with Gasteiger partial charge in [0.2, 0.25) is 0 Å². The number of amides is 1. The molecule has 6 heteroatoms. The number of aromatic nitrogens is 3. The van der Waals surface area contributed by atoms with Crippen LogP contribution in [0.2, 0.25) is 0 Å². The molecular formula is C19H28N4O2. The molecule has 25 heavy (non-hydrogen) atoms. The van der Waals surface area contributed by atoms with Crippen LogP contribution in [-0.2, 0) is 13.6 Å². The SMILES string of the molecule is Cc1nn(CCCNC(=O)c2ccc(C(C)C)n(C)c2=O)c(C)c1C. The molecule has 0 unspecified atom stereocenters. The summed E-state index contributed by atoms with van der Waals surface area (Å²) >= 11 is 0. The van der Waals surface area contributed by atoms with Gasteiger partial charge in [-0.1, -0.05) is 13.8 Å². The molecule has 0 radical (unpaired) electrons. The summed E-state index contributed by atoms with van der Waals surface area (Å²) in [5, 5.41) is 7.32. The largest absolute Gasteiger partial charge is 0.352 e. The van der Waals surface area contributed by atoms with Gasteiger partial charge in [-0.2, -0.15) is 5.10 Å². The van der Waals surface area contributed by atoms with E-state index in [1.165, 1.54) is 5.56 Å². The second kappa shape index (κ2) is 7.68. The maximum Gasteiger partial charge on any atom is 0.263 e. The van der Waals surface area contributed by atoms with Gasteiger partial charge in [0.1, 0.15) is 5.56 Å². The van der Waals surface area contributed by atoms with Gasteiger partial charge in [0.05, 0.1) is 5.69 Å². The molecule has 0 bridgehead atoms. The van der Waals surface area contributed by atoms with E-state index in [4.69, 9.17) is 0 Å². The monoisotopic (exact) mass is 344 g/mol. The molecule has 1 N–H and O–H groups in total. The quantitative estimate of drug-likeness (QED) is 0.819. The fourth-order valence-corrected chi connectivity index (χ4v) is 2.93. The first-order chi connectivity index (χ1) is 11.7. The summed E-state index contributed by atoms with van der Waals surface area (Å²) in [6.45, 7) is 11.4. The Bertz CT molecular complexity index is 831. The van der Waals surface area contributed by atoms with Gasteiger partial charge in [-0.15, -0.1) is 0 Å². The molecule has 0 saturated heterocycles. The third kappa shape index (κ3) is 4.00. The lowest BCUT2D eigenvalue weighted by molar-refractivity contribution is 0.0950. The molecule has 2 rings (SSSR count). The number of nitrogens with one attached hydrogen (secondary N) is 1. The highest BCUT2D eigenvalue weighted by Crippen LogP contribution is 2.12. The highest BCUT2D eigenvalue weighted by atomic mass is 16.2. The van der Waals surface area contributed by atoms with Crippen LogP contribution < -0.4 is 10.9 Å². The molecule has 2 aromatic heterocycles. The summed E-state index contributed by atoms with van der Waals surface area (Å²) < 4.78 is 3.52. The molecule has 1 amide bonds. The number of carbonyl (C=O) groups excluding carboxylic acids is 1. The Morgan fingerprint density at radius 3 is 2.48 bits per heavy atom. The lowest BCUT2D eigenvalue weighted by atomic mass is 10.1. The van der Waals surface area contributed by atoms with Gasteiger partial charge < -0.3 is 9.88 Å². The zero-order valence-electron chi connectivity index (χ0n) is 16.0. The van der Waals surface area contributed by atoms with Gasteiger partial charge in [0.25, 0.3) is 11.5 Å². The minimum Gasteiger partial charge on any atom is -0.352 e. The third-order valence-corrected chi connectivity index (χ3v) is 4.75. The highest BCUT2D eigenvalue weighted by molar-refractivity contribution is 5.93. The molecule has 0 atom stereocenters. The Morgan fingerprint density at radius 2 is 1.92 bits per heavy atom. The van der Waals surface area contributed by atoms with Crippen LogP contribution in [0.4, 0.5) is 0 Å². The van der Waals surface area contributed by atoms with Crippen molar-refractivity contribution in [2.24, 2.45) is 7.05 Å².